The van der Waals surface area contributed by atoms with Crippen molar-refractivity contribution >= 4 is 23.7 Å². The van der Waals surface area contributed by atoms with E-state index in [0.717, 1.165) is 11.8 Å². The molecule has 0 aromatic heterocycles. The van der Waals surface area contributed by atoms with Crippen LogP contribution < -0.4 is 0 Å². The van der Waals surface area contributed by atoms with E-state index in [0.29, 0.717) is 11.2 Å². The minimum atomic E-state index is -0.926. The summed E-state index contributed by atoms with van der Waals surface area (Å²) in [5.41, 5.74) is 0.0495. The number of carbonyl (C=O) groups is 1. The minimum Gasteiger partial charge on any atom is -0.394 e. The van der Waals surface area contributed by atoms with Crippen molar-refractivity contribution in [2.24, 2.45) is 0 Å². The highest BCUT2D eigenvalue weighted by Gasteiger charge is 2.16. The van der Waals surface area contributed by atoms with E-state index >= 15 is 0 Å². The van der Waals surface area contributed by atoms with Crippen LogP contribution in [0.2, 0.25) is 0 Å². The van der Waals surface area contributed by atoms with Gasteiger partial charge in [-0.25, -0.2) is 0 Å². The predicted molar refractivity (Wildman–Crippen MR) is 62.3 cm³/mol. The molecule has 1 atom stereocenters. The summed E-state index contributed by atoms with van der Waals surface area (Å²) < 4.78 is 0. The first-order chi connectivity index (χ1) is 8.08. The normalized spacial score (nSPS) is 12.1. The summed E-state index contributed by atoms with van der Waals surface area (Å²) in [4.78, 5) is 21.0. The van der Waals surface area contributed by atoms with Crippen molar-refractivity contribution in [3.63, 3.8) is 0 Å². The molecule has 17 heavy (non-hydrogen) atoms. The third kappa shape index (κ3) is 3.81. The number of aliphatic hydroxyl groups excluding tert-OH is 2. The second-order valence-electron chi connectivity index (χ2n) is 3.25. The third-order valence-corrected chi connectivity index (χ3v) is 3.17. The molecule has 0 radical (unpaired) electrons. The fourth-order valence-corrected chi connectivity index (χ4v) is 2.03. The first-order valence-corrected chi connectivity index (χ1v) is 5.72. The molecule has 6 nitrogen and oxygen atoms in total. The average molecular weight is 257 g/mol. The Morgan fingerprint density at radius 1 is 1.53 bits per heavy atom. The number of carbonyl (C=O) groups excluding carboxylic acids is 1. The number of benzene rings is 1. The van der Waals surface area contributed by atoms with Crippen LogP contribution in [0.1, 0.15) is 10.4 Å². The monoisotopic (exact) mass is 257 g/mol. The van der Waals surface area contributed by atoms with E-state index in [-0.39, 0.29) is 17.0 Å². The molecule has 0 amide bonds. The van der Waals surface area contributed by atoms with E-state index < -0.39 is 17.6 Å². The first kappa shape index (κ1) is 13.6. The van der Waals surface area contributed by atoms with Gasteiger partial charge in [-0.2, -0.15) is 0 Å². The first-order valence-electron chi connectivity index (χ1n) is 4.73. The summed E-state index contributed by atoms with van der Waals surface area (Å²) >= 11 is 1.06. The number of hydrogen-bond donors (Lipinski definition) is 2. The maximum Gasteiger partial charge on any atom is 0.283 e. The largest absolute Gasteiger partial charge is 0.394 e. The van der Waals surface area contributed by atoms with Gasteiger partial charge in [0.1, 0.15) is 6.29 Å². The van der Waals surface area contributed by atoms with Gasteiger partial charge in [0.25, 0.3) is 5.69 Å². The van der Waals surface area contributed by atoms with E-state index in [9.17, 15) is 14.9 Å². The van der Waals surface area contributed by atoms with Crippen molar-refractivity contribution in [2.45, 2.75) is 11.0 Å². The Hall–Kier alpha value is -1.44. The molecule has 7 heteroatoms. The predicted octanol–water partition coefficient (Wildman–Crippen LogP) is 0.853. The maximum atomic E-state index is 10.8. The van der Waals surface area contributed by atoms with E-state index in [1.807, 2.05) is 0 Å². The molecule has 0 heterocycles. The lowest BCUT2D eigenvalue weighted by atomic mass is 10.2. The van der Waals surface area contributed by atoms with Crippen LogP contribution in [0.4, 0.5) is 5.69 Å². The molecule has 0 bridgehead atoms. The fourth-order valence-electron chi connectivity index (χ4n) is 1.11. The molecule has 0 saturated carbocycles. The zero-order chi connectivity index (χ0) is 12.8. The Morgan fingerprint density at radius 3 is 2.76 bits per heavy atom. The number of nitrogens with zero attached hydrogens (tertiary/aromatic N) is 1. The number of nitro groups is 1. The Balaban J connectivity index is 2.90. The van der Waals surface area contributed by atoms with Crippen LogP contribution in [0.3, 0.4) is 0 Å². The highest BCUT2D eigenvalue weighted by atomic mass is 32.2. The maximum absolute atomic E-state index is 10.8. The van der Waals surface area contributed by atoms with E-state index in [4.69, 9.17) is 10.2 Å². The van der Waals surface area contributed by atoms with Gasteiger partial charge in [0.2, 0.25) is 0 Å². The Labute approximate surface area is 101 Å². The molecular formula is C10H11NO5S. The number of aldehydes is 1. The van der Waals surface area contributed by atoms with Gasteiger partial charge < -0.3 is 10.2 Å². The lowest BCUT2D eigenvalue weighted by Crippen LogP contribution is -2.14. The molecule has 2 N–H and O–H groups in total. The number of hydrogen-bond acceptors (Lipinski definition) is 6. The smallest absolute Gasteiger partial charge is 0.283 e. The summed E-state index contributed by atoms with van der Waals surface area (Å²) in [6.45, 7) is -0.396. The van der Waals surface area contributed by atoms with Crippen molar-refractivity contribution in [3.05, 3.63) is 33.9 Å². The van der Waals surface area contributed by atoms with Gasteiger partial charge in [-0.3, -0.25) is 14.9 Å². The van der Waals surface area contributed by atoms with E-state index in [1.54, 1.807) is 0 Å². The zero-order valence-corrected chi connectivity index (χ0v) is 9.59. The molecule has 0 aliphatic carbocycles. The summed E-state index contributed by atoms with van der Waals surface area (Å²) in [6.07, 6.45) is -0.394. The highest BCUT2D eigenvalue weighted by molar-refractivity contribution is 7.99. The van der Waals surface area contributed by atoms with Crippen molar-refractivity contribution in [1.29, 1.82) is 0 Å². The molecule has 1 unspecified atom stereocenters. The van der Waals surface area contributed by atoms with Crippen molar-refractivity contribution in [2.75, 3.05) is 12.4 Å². The highest BCUT2D eigenvalue weighted by Crippen LogP contribution is 2.30. The minimum absolute atomic E-state index is 0.151. The van der Waals surface area contributed by atoms with Crippen LogP contribution in [0.15, 0.2) is 23.1 Å². The molecule has 1 rings (SSSR count). The molecule has 0 fully saturated rings. The number of aliphatic hydroxyl groups is 2. The number of rotatable bonds is 6. The fraction of sp³-hybridized carbons (Fsp3) is 0.300. The van der Waals surface area contributed by atoms with Gasteiger partial charge >= 0.3 is 0 Å². The second kappa shape index (κ2) is 6.33. The third-order valence-electron chi connectivity index (χ3n) is 1.96. The molecule has 0 aliphatic rings. The van der Waals surface area contributed by atoms with Crippen LogP contribution >= 0.6 is 11.8 Å². The standard InChI is InChI=1S/C10H11NO5S/c12-4-7-1-2-10(9(3-7)11(15)16)17-6-8(14)5-13/h1-4,8,13-14H,5-6H2. The van der Waals surface area contributed by atoms with Gasteiger partial charge in [0.05, 0.1) is 22.5 Å². The number of thioether (sulfide) groups is 1. The van der Waals surface area contributed by atoms with Crippen molar-refractivity contribution < 1.29 is 19.9 Å². The summed E-state index contributed by atoms with van der Waals surface area (Å²) in [5.74, 6) is 0.151. The topological polar surface area (TPSA) is 101 Å². The molecular weight excluding hydrogens is 246 g/mol. The molecule has 1 aromatic rings. The van der Waals surface area contributed by atoms with Gasteiger partial charge in [-0.05, 0) is 6.07 Å². The van der Waals surface area contributed by atoms with Crippen LogP contribution in [-0.4, -0.2) is 39.9 Å². The second-order valence-corrected chi connectivity index (χ2v) is 4.31. The average Bonchev–Trinajstić information content (AvgIpc) is 2.35. The van der Waals surface area contributed by atoms with Crippen LogP contribution in [0, 0.1) is 10.1 Å². The molecule has 0 aliphatic heterocycles. The SMILES string of the molecule is O=Cc1ccc(SCC(O)CO)c([N+](=O)[O-])c1. The Kier molecular flexibility index (Phi) is 5.08. The molecule has 92 valence electrons. The lowest BCUT2D eigenvalue weighted by molar-refractivity contribution is -0.387. The molecule has 0 saturated heterocycles. The van der Waals surface area contributed by atoms with Gasteiger partial charge in [0, 0.05) is 17.4 Å². The van der Waals surface area contributed by atoms with Gasteiger partial charge in [0.15, 0.2) is 0 Å². The van der Waals surface area contributed by atoms with Crippen molar-refractivity contribution in [1.82, 2.24) is 0 Å². The van der Waals surface area contributed by atoms with Gasteiger partial charge in [-0.1, -0.05) is 6.07 Å². The van der Waals surface area contributed by atoms with E-state index in [2.05, 4.69) is 0 Å². The van der Waals surface area contributed by atoms with Crippen LogP contribution in [0.25, 0.3) is 0 Å². The van der Waals surface area contributed by atoms with E-state index in [1.165, 1.54) is 18.2 Å². The lowest BCUT2D eigenvalue weighted by Gasteiger charge is -2.07. The Bertz CT molecular complexity index is 423. The molecule has 0 spiro atoms. The van der Waals surface area contributed by atoms with Crippen molar-refractivity contribution in [3.8, 4) is 0 Å². The molecule has 1 aromatic carbocycles. The summed E-state index contributed by atoms with van der Waals surface area (Å²) in [6, 6.07) is 4.10. The Morgan fingerprint density at radius 2 is 2.24 bits per heavy atom. The number of nitro benzene ring substituents is 1. The van der Waals surface area contributed by atoms with Gasteiger partial charge in [-0.15, -0.1) is 11.8 Å². The van der Waals surface area contributed by atoms with Crippen LogP contribution in [-0.2, 0) is 0 Å². The summed E-state index contributed by atoms with van der Waals surface area (Å²) in [5, 5.41) is 28.6. The zero-order valence-electron chi connectivity index (χ0n) is 8.78. The quantitative estimate of drug-likeness (QED) is 0.339. The van der Waals surface area contributed by atoms with Crippen LogP contribution in [0.5, 0.6) is 0 Å². The summed E-state index contributed by atoms with van der Waals surface area (Å²) in [7, 11) is 0.